The number of fused-ring (bicyclic) bond motifs is 1. The minimum absolute atomic E-state index is 0. The number of aryl methyl sites for hydroxylation is 2. The SMILES string of the molecule is Cl.O=C(O)c1cn2c(n1)CCC2. The zero-order valence-corrected chi connectivity index (χ0v) is 7.17. The largest absolute Gasteiger partial charge is 0.476 e. The number of nitrogens with zero attached hydrogens (tertiary/aromatic N) is 2. The first-order valence-electron chi connectivity index (χ1n) is 3.57. The highest BCUT2D eigenvalue weighted by atomic mass is 35.5. The summed E-state index contributed by atoms with van der Waals surface area (Å²) in [5.41, 5.74) is 0.166. The number of rotatable bonds is 1. The molecule has 0 spiro atoms. The van der Waals surface area contributed by atoms with Crippen molar-refractivity contribution < 1.29 is 9.90 Å². The summed E-state index contributed by atoms with van der Waals surface area (Å²) in [4.78, 5) is 14.4. The Morgan fingerprint density at radius 3 is 3.00 bits per heavy atom. The molecule has 0 fully saturated rings. The molecule has 0 saturated heterocycles. The van der Waals surface area contributed by atoms with E-state index < -0.39 is 5.97 Å². The summed E-state index contributed by atoms with van der Waals surface area (Å²) in [6.45, 7) is 0.912. The maximum absolute atomic E-state index is 10.4. The first-order valence-corrected chi connectivity index (χ1v) is 3.57. The van der Waals surface area contributed by atoms with Crippen molar-refractivity contribution in [3.05, 3.63) is 17.7 Å². The molecule has 0 unspecified atom stereocenters. The quantitative estimate of drug-likeness (QED) is 0.714. The van der Waals surface area contributed by atoms with E-state index in [-0.39, 0.29) is 18.1 Å². The van der Waals surface area contributed by atoms with Crippen LogP contribution in [0.5, 0.6) is 0 Å². The third-order valence-electron chi connectivity index (χ3n) is 1.88. The Hall–Kier alpha value is -1.03. The first kappa shape index (κ1) is 9.06. The lowest BCUT2D eigenvalue weighted by Gasteiger charge is -1.88. The number of halogens is 1. The van der Waals surface area contributed by atoms with Crippen molar-refractivity contribution in [3.63, 3.8) is 0 Å². The highest BCUT2D eigenvalue weighted by molar-refractivity contribution is 5.85. The molecule has 5 heteroatoms. The molecular formula is C7H9ClN2O2. The number of imidazole rings is 1. The van der Waals surface area contributed by atoms with Crippen LogP contribution >= 0.6 is 12.4 Å². The highest BCUT2D eigenvalue weighted by Gasteiger charge is 2.16. The summed E-state index contributed by atoms with van der Waals surface area (Å²) in [6.07, 6.45) is 3.60. The predicted octanol–water partition coefficient (Wildman–Crippen LogP) is 0.949. The zero-order valence-electron chi connectivity index (χ0n) is 6.36. The van der Waals surface area contributed by atoms with Gasteiger partial charge in [-0.2, -0.15) is 0 Å². The van der Waals surface area contributed by atoms with Gasteiger partial charge in [-0.25, -0.2) is 9.78 Å². The molecule has 0 radical (unpaired) electrons. The molecule has 4 nitrogen and oxygen atoms in total. The number of aromatic nitrogens is 2. The summed E-state index contributed by atoms with van der Waals surface area (Å²) in [5.74, 6) is -0.0331. The molecule has 2 heterocycles. The van der Waals surface area contributed by atoms with Crippen molar-refractivity contribution in [1.82, 2.24) is 9.55 Å². The van der Waals surface area contributed by atoms with Gasteiger partial charge >= 0.3 is 5.97 Å². The predicted molar refractivity (Wildman–Crippen MR) is 44.8 cm³/mol. The van der Waals surface area contributed by atoms with E-state index in [0.29, 0.717) is 0 Å². The zero-order chi connectivity index (χ0) is 7.84. The van der Waals surface area contributed by atoms with Gasteiger partial charge in [-0.1, -0.05) is 0 Å². The molecule has 1 aliphatic rings. The minimum atomic E-state index is -0.938. The Labute approximate surface area is 75.6 Å². The molecule has 0 atom stereocenters. The van der Waals surface area contributed by atoms with E-state index in [9.17, 15) is 4.79 Å². The van der Waals surface area contributed by atoms with Crippen LogP contribution in [0.2, 0.25) is 0 Å². The van der Waals surface area contributed by atoms with Gasteiger partial charge in [0.15, 0.2) is 5.69 Å². The van der Waals surface area contributed by atoms with Crippen molar-refractivity contribution in [2.24, 2.45) is 0 Å². The van der Waals surface area contributed by atoms with Crippen LogP contribution in [0.1, 0.15) is 22.7 Å². The Kier molecular flexibility index (Phi) is 2.38. The normalized spacial score (nSPS) is 13.7. The molecule has 1 aromatic rings. The molecule has 12 heavy (non-hydrogen) atoms. The van der Waals surface area contributed by atoms with E-state index in [1.54, 1.807) is 6.20 Å². The number of aromatic carboxylic acids is 1. The second-order valence-electron chi connectivity index (χ2n) is 2.64. The van der Waals surface area contributed by atoms with E-state index in [1.807, 2.05) is 4.57 Å². The number of carboxylic acids is 1. The minimum Gasteiger partial charge on any atom is -0.476 e. The molecule has 0 aromatic carbocycles. The monoisotopic (exact) mass is 188 g/mol. The van der Waals surface area contributed by atoms with Crippen molar-refractivity contribution in [2.45, 2.75) is 19.4 Å². The lowest BCUT2D eigenvalue weighted by atomic mass is 10.3. The van der Waals surface area contributed by atoms with E-state index in [0.717, 1.165) is 25.2 Å². The highest BCUT2D eigenvalue weighted by Crippen LogP contribution is 2.13. The van der Waals surface area contributed by atoms with Crippen LogP contribution in [0, 0.1) is 0 Å². The maximum atomic E-state index is 10.4. The number of hydrogen-bond donors (Lipinski definition) is 1. The average Bonchev–Trinajstić information content (AvgIpc) is 2.40. The standard InChI is InChI=1S/C7H8N2O2.ClH/c10-7(11)5-4-9-3-1-2-6(9)8-5;/h4H,1-3H2,(H,10,11);1H. The summed E-state index contributed by atoms with van der Waals surface area (Å²) in [7, 11) is 0. The molecule has 0 aliphatic carbocycles. The fraction of sp³-hybridized carbons (Fsp3) is 0.429. The molecule has 66 valence electrons. The fourth-order valence-electron chi connectivity index (χ4n) is 1.36. The second kappa shape index (κ2) is 3.15. The van der Waals surface area contributed by atoms with Crippen LogP contribution in [-0.2, 0) is 13.0 Å². The van der Waals surface area contributed by atoms with Crippen LogP contribution in [0.3, 0.4) is 0 Å². The Morgan fingerprint density at radius 1 is 1.67 bits per heavy atom. The fourth-order valence-corrected chi connectivity index (χ4v) is 1.36. The van der Waals surface area contributed by atoms with Crippen LogP contribution in [0.4, 0.5) is 0 Å². The van der Waals surface area contributed by atoms with Crippen LogP contribution < -0.4 is 0 Å². The summed E-state index contributed by atoms with van der Waals surface area (Å²) in [5, 5.41) is 8.57. The molecule has 1 aromatic heterocycles. The van der Waals surface area contributed by atoms with E-state index in [4.69, 9.17) is 5.11 Å². The van der Waals surface area contributed by atoms with Crippen LogP contribution in [-0.4, -0.2) is 20.6 Å². The third-order valence-corrected chi connectivity index (χ3v) is 1.88. The molecule has 1 aliphatic heterocycles. The molecule has 2 rings (SSSR count). The Bertz CT molecular complexity index is 287. The van der Waals surface area contributed by atoms with Gasteiger partial charge in [0, 0.05) is 19.2 Å². The number of carbonyl (C=O) groups is 1. The van der Waals surface area contributed by atoms with Crippen molar-refractivity contribution in [2.75, 3.05) is 0 Å². The van der Waals surface area contributed by atoms with Crippen molar-refractivity contribution in [3.8, 4) is 0 Å². The summed E-state index contributed by atoms with van der Waals surface area (Å²) >= 11 is 0. The summed E-state index contributed by atoms with van der Waals surface area (Å²) < 4.78 is 1.91. The number of carboxylic acid groups (broad SMARTS) is 1. The Morgan fingerprint density at radius 2 is 2.42 bits per heavy atom. The first-order chi connectivity index (χ1) is 5.27. The van der Waals surface area contributed by atoms with Gasteiger partial charge in [0.2, 0.25) is 0 Å². The third kappa shape index (κ3) is 1.30. The molecular weight excluding hydrogens is 180 g/mol. The van der Waals surface area contributed by atoms with Crippen molar-refractivity contribution >= 4 is 18.4 Å². The van der Waals surface area contributed by atoms with Gasteiger partial charge in [0.25, 0.3) is 0 Å². The molecule has 0 amide bonds. The van der Waals surface area contributed by atoms with E-state index >= 15 is 0 Å². The lowest BCUT2D eigenvalue weighted by Crippen LogP contribution is -1.96. The molecule has 0 bridgehead atoms. The van der Waals surface area contributed by atoms with Gasteiger partial charge in [-0.05, 0) is 6.42 Å². The average molecular weight is 189 g/mol. The smallest absolute Gasteiger partial charge is 0.356 e. The number of hydrogen-bond acceptors (Lipinski definition) is 2. The van der Waals surface area contributed by atoms with Gasteiger partial charge in [0.1, 0.15) is 5.82 Å². The lowest BCUT2D eigenvalue weighted by molar-refractivity contribution is 0.0690. The van der Waals surface area contributed by atoms with Crippen molar-refractivity contribution in [1.29, 1.82) is 0 Å². The van der Waals surface area contributed by atoms with Crippen LogP contribution in [0.25, 0.3) is 0 Å². The topological polar surface area (TPSA) is 55.1 Å². The maximum Gasteiger partial charge on any atom is 0.356 e. The molecule has 0 saturated carbocycles. The van der Waals surface area contributed by atoms with Gasteiger partial charge in [-0.15, -0.1) is 12.4 Å². The molecule has 1 N–H and O–H groups in total. The van der Waals surface area contributed by atoms with Crippen LogP contribution in [0.15, 0.2) is 6.20 Å². The van der Waals surface area contributed by atoms with E-state index in [1.165, 1.54) is 0 Å². The van der Waals surface area contributed by atoms with Gasteiger partial charge < -0.3 is 9.67 Å². The second-order valence-corrected chi connectivity index (χ2v) is 2.64. The Balaban J connectivity index is 0.000000720. The van der Waals surface area contributed by atoms with Gasteiger partial charge in [0.05, 0.1) is 0 Å². The van der Waals surface area contributed by atoms with Gasteiger partial charge in [-0.3, -0.25) is 0 Å². The summed E-state index contributed by atoms with van der Waals surface area (Å²) in [6, 6.07) is 0. The van der Waals surface area contributed by atoms with E-state index in [2.05, 4.69) is 4.98 Å².